The summed E-state index contributed by atoms with van der Waals surface area (Å²) in [6, 6.07) is 7.32. The number of nitrogens with two attached hydrogens (primary N) is 1. The van der Waals surface area contributed by atoms with Crippen LogP contribution in [0.25, 0.3) is 22.0 Å². The average molecular weight is 326 g/mol. The van der Waals surface area contributed by atoms with E-state index >= 15 is 0 Å². The van der Waals surface area contributed by atoms with Gasteiger partial charge >= 0.3 is 0 Å². The highest BCUT2D eigenvalue weighted by molar-refractivity contribution is 5.98. The van der Waals surface area contributed by atoms with Crippen LogP contribution in [0.2, 0.25) is 0 Å². The first-order valence-electron chi connectivity index (χ1n) is 7.29. The number of benzene rings is 1. The molecule has 4 N–H and O–H groups in total. The number of pyridine rings is 2. The topological polar surface area (TPSA) is 103 Å². The standard InChI is InChI=1S/C17H18N4O3/c1-23-14-6-12-13(7-15(14)24-2)20-8-11(9-22)17(12)10-3-4-19-16(5-10)21-18/h3-8,22H,9,18H2,1-2H3,(H,19,21). The molecule has 0 amide bonds. The van der Waals surface area contributed by atoms with Crippen LogP contribution in [0.15, 0.2) is 36.7 Å². The van der Waals surface area contributed by atoms with Crippen LogP contribution in [0, 0.1) is 0 Å². The van der Waals surface area contributed by atoms with Crippen molar-refractivity contribution in [1.82, 2.24) is 9.97 Å². The second kappa shape index (κ2) is 6.69. The fourth-order valence-corrected chi connectivity index (χ4v) is 2.69. The van der Waals surface area contributed by atoms with E-state index in [1.807, 2.05) is 24.3 Å². The third-order valence-corrected chi connectivity index (χ3v) is 3.82. The lowest BCUT2D eigenvalue weighted by molar-refractivity contribution is 0.282. The molecule has 124 valence electrons. The summed E-state index contributed by atoms with van der Waals surface area (Å²) in [6.07, 6.45) is 3.30. The van der Waals surface area contributed by atoms with Gasteiger partial charge in [-0.05, 0) is 29.3 Å². The van der Waals surface area contributed by atoms with Crippen LogP contribution < -0.4 is 20.7 Å². The summed E-state index contributed by atoms with van der Waals surface area (Å²) in [4.78, 5) is 8.53. The lowest BCUT2D eigenvalue weighted by Crippen LogP contribution is -2.08. The molecule has 0 radical (unpaired) electrons. The molecular weight excluding hydrogens is 308 g/mol. The van der Waals surface area contributed by atoms with E-state index in [1.165, 1.54) is 0 Å². The van der Waals surface area contributed by atoms with Gasteiger partial charge in [0.15, 0.2) is 11.5 Å². The summed E-state index contributed by atoms with van der Waals surface area (Å²) in [5.41, 5.74) is 5.67. The SMILES string of the molecule is COc1cc2ncc(CO)c(-c3ccnc(NN)c3)c2cc1OC. The van der Waals surface area contributed by atoms with Crippen LogP contribution in [0.4, 0.5) is 5.82 Å². The number of aliphatic hydroxyl groups is 1. The first-order chi connectivity index (χ1) is 11.7. The van der Waals surface area contributed by atoms with Gasteiger partial charge in [0.1, 0.15) is 5.82 Å². The van der Waals surface area contributed by atoms with Crippen molar-refractivity contribution in [2.45, 2.75) is 6.61 Å². The lowest BCUT2D eigenvalue weighted by Gasteiger charge is -2.15. The summed E-state index contributed by atoms with van der Waals surface area (Å²) in [5.74, 6) is 7.17. The molecule has 3 aromatic rings. The Morgan fingerprint density at radius 1 is 1.12 bits per heavy atom. The number of nitrogen functional groups attached to an aromatic ring is 1. The van der Waals surface area contributed by atoms with Crippen LogP contribution in [0.1, 0.15) is 5.56 Å². The number of anilines is 1. The smallest absolute Gasteiger partial charge is 0.162 e. The molecule has 0 atom stereocenters. The fraction of sp³-hybridized carbons (Fsp3) is 0.176. The van der Waals surface area contributed by atoms with Gasteiger partial charge in [0.25, 0.3) is 0 Å². The highest BCUT2D eigenvalue weighted by Crippen LogP contribution is 2.38. The summed E-state index contributed by atoms with van der Waals surface area (Å²) in [7, 11) is 3.16. The molecule has 3 rings (SSSR count). The van der Waals surface area contributed by atoms with E-state index in [2.05, 4.69) is 15.4 Å². The molecule has 0 saturated carbocycles. The van der Waals surface area contributed by atoms with E-state index in [4.69, 9.17) is 15.3 Å². The molecule has 0 fully saturated rings. The van der Waals surface area contributed by atoms with Gasteiger partial charge in [-0.2, -0.15) is 0 Å². The van der Waals surface area contributed by atoms with Gasteiger partial charge in [-0.25, -0.2) is 10.8 Å². The Hall–Kier alpha value is -2.90. The maximum Gasteiger partial charge on any atom is 0.162 e. The van der Waals surface area contributed by atoms with E-state index in [0.29, 0.717) is 22.9 Å². The molecule has 24 heavy (non-hydrogen) atoms. The Morgan fingerprint density at radius 3 is 2.54 bits per heavy atom. The maximum absolute atomic E-state index is 9.74. The number of ether oxygens (including phenoxy) is 2. The fourth-order valence-electron chi connectivity index (χ4n) is 2.69. The quantitative estimate of drug-likeness (QED) is 0.487. The van der Waals surface area contributed by atoms with E-state index in [0.717, 1.165) is 22.0 Å². The molecule has 0 unspecified atom stereocenters. The normalized spacial score (nSPS) is 10.7. The number of aliphatic hydroxyl groups excluding tert-OH is 1. The Kier molecular flexibility index (Phi) is 4.45. The minimum atomic E-state index is -0.139. The molecule has 2 heterocycles. The third kappa shape index (κ3) is 2.70. The van der Waals surface area contributed by atoms with Gasteiger partial charge in [0.2, 0.25) is 0 Å². The number of methoxy groups -OCH3 is 2. The minimum Gasteiger partial charge on any atom is -0.493 e. The van der Waals surface area contributed by atoms with Gasteiger partial charge in [-0.15, -0.1) is 0 Å². The number of nitrogens with one attached hydrogen (secondary N) is 1. The van der Waals surface area contributed by atoms with Crippen molar-refractivity contribution in [3.8, 4) is 22.6 Å². The van der Waals surface area contributed by atoms with Gasteiger partial charge in [-0.1, -0.05) is 0 Å². The van der Waals surface area contributed by atoms with E-state index in [1.54, 1.807) is 26.6 Å². The van der Waals surface area contributed by atoms with Crippen LogP contribution in [0.5, 0.6) is 11.5 Å². The van der Waals surface area contributed by atoms with Gasteiger partial charge in [0.05, 0.1) is 26.3 Å². The molecule has 0 aliphatic rings. The summed E-state index contributed by atoms with van der Waals surface area (Å²) < 4.78 is 10.7. The van der Waals surface area contributed by atoms with Gasteiger partial charge in [-0.3, -0.25) is 4.98 Å². The number of rotatable bonds is 5. The summed E-state index contributed by atoms with van der Waals surface area (Å²) in [5, 5.41) is 10.6. The zero-order valence-corrected chi connectivity index (χ0v) is 13.4. The molecule has 7 heteroatoms. The Balaban J connectivity index is 2.34. The highest BCUT2D eigenvalue weighted by Gasteiger charge is 2.15. The van der Waals surface area contributed by atoms with Crippen LogP contribution in [-0.2, 0) is 6.61 Å². The molecule has 0 bridgehead atoms. The van der Waals surface area contributed by atoms with E-state index < -0.39 is 0 Å². The van der Waals surface area contributed by atoms with Gasteiger partial charge < -0.3 is 20.0 Å². The zero-order chi connectivity index (χ0) is 17.1. The molecule has 7 nitrogen and oxygen atoms in total. The number of aromatic nitrogens is 2. The second-order valence-electron chi connectivity index (χ2n) is 5.11. The summed E-state index contributed by atoms with van der Waals surface area (Å²) in [6.45, 7) is -0.139. The zero-order valence-electron chi connectivity index (χ0n) is 13.4. The van der Waals surface area contributed by atoms with Crippen LogP contribution in [-0.4, -0.2) is 29.3 Å². The van der Waals surface area contributed by atoms with Crippen molar-refractivity contribution in [2.24, 2.45) is 5.84 Å². The van der Waals surface area contributed by atoms with Crippen molar-refractivity contribution < 1.29 is 14.6 Å². The Labute approximate surface area is 139 Å². The predicted octanol–water partition coefficient (Wildman–Crippen LogP) is 2.09. The molecule has 2 aromatic heterocycles. The first-order valence-corrected chi connectivity index (χ1v) is 7.29. The van der Waals surface area contributed by atoms with Crippen molar-refractivity contribution in [1.29, 1.82) is 0 Å². The number of hydrogen-bond donors (Lipinski definition) is 3. The predicted molar refractivity (Wildman–Crippen MR) is 91.8 cm³/mol. The number of hydrogen-bond acceptors (Lipinski definition) is 7. The molecular formula is C17H18N4O3. The Morgan fingerprint density at radius 2 is 1.88 bits per heavy atom. The van der Waals surface area contributed by atoms with Crippen molar-refractivity contribution >= 4 is 16.7 Å². The van der Waals surface area contributed by atoms with E-state index in [-0.39, 0.29) is 6.61 Å². The van der Waals surface area contributed by atoms with Crippen molar-refractivity contribution in [3.05, 3.63) is 42.2 Å². The second-order valence-corrected chi connectivity index (χ2v) is 5.11. The number of nitrogens with zero attached hydrogens (tertiary/aromatic N) is 2. The van der Waals surface area contributed by atoms with Crippen LogP contribution >= 0.6 is 0 Å². The number of hydrazine groups is 1. The summed E-state index contributed by atoms with van der Waals surface area (Å²) >= 11 is 0. The molecule has 0 spiro atoms. The van der Waals surface area contributed by atoms with Crippen LogP contribution in [0.3, 0.4) is 0 Å². The molecule has 0 aliphatic heterocycles. The molecule has 0 aliphatic carbocycles. The molecule has 1 aromatic carbocycles. The van der Waals surface area contributed by atoms with Crippen molar-refractivity contribution in [2.75, 3.05) is 19.6 Å². The lowest BCUT2D eigenvalue weighted by atomic mass is 9.97. The first kappa shape index (κ1) is 16.0. The minimum absolute atomic E-state index is 0.139. The van der Waals surface area contributed by atoms with Crippen molar-refractivity contribution in [3.63, 3.8) is 0 Å². The highest BCUT2D eigenvalue weighted by atomic mass is 16.5. The molecule has 0 saturated heterocycles. The average Bonchev–Trinajstić information content (AvgIpc) is 2.65. The maximum atomic E-state index is 9.74. The monoisotopic (exact) mass is 326 g/mol. The third-order valence-electron chi connectivity index (χ3n) is 3.82. The Bertz CT molecular complexity index is 883. The van der Waals surface area contributed by atoms with E-state index in [9.17, 15) is 5.11 Å². The largest absolute Gasteiger partial charge is 0.493 e. The number of fused-ring (bicyclic) bond motifs is 1. The van der Waals surface area contributed by atoms with Gasteiger partial charge in [0, 0.05) is 29.4 Å².